The normalized spacial score (nSPS) is 9.61. The average molecular weight is 331 g/mol. The third kappa shape index (κ3) is 5.13. The van der Waals surface area contributed by atoms with E-state index in [-0.39, 0.29) is 24.6 Å². The second-order valence-electron chi connectivity index (χ2n) is 4.61. The van der Waals surface area contributed by atoms with Crippen LogP contribution >= 0.6 is 11.6 Å². The number of benzene rings is 2. The number of hydrogen-bond acceptors (Lipinski definition) is 4. The number of halogens is 1. The van der Waals surface area contributed by atoms with E-state index in [0.717, 1.165) is 5.56 Å². The summed E-state index contributed by atoms with van der Waals surface area (Å²) < 4.78 is 5.03. The third-order valence-electron chi connectivity index (χ3n) is 2.86. The lowest BCUT2D eigenvalue weighted by Gasteiger charge is -2.04. The number of nitrogens with two attached hydrogens (primary N) is 1. The summed E-state index contributed by atoms with van der Waals surface area (Å²) in [5.41, 5.74) is 6.92. The van der Waals surface area contributed by atoms with Gasteiger partial charge in [-0.1, -0.05) is 53.8 Å². The molecule has 0 atom stereocenters. The Balaban J connectivity index is 1.82. The van der Waals surface area contributed by atoms with Gasteiger partial charge in [0.1, 0.15) is 6.61 Å². The maximum Gasteiger partial charge on any atom is 0.408 e. The first-order valence-electron chi connectivity index (χ1n) is 6.77. The largest absolute Gasteiger partial charge is 0.505 e. The van der Waals surface area contributed by atoms with Crippen molar-refractivity contribution in [2.45, 2.75) is 6.61 Å². The van der Waals surface area contributed by atoms with Gasteiger partial charge < -0.3 is 20.9 Å². The summed E-state index contributed by atoms with van der Waals surface area (Å²) in [5.74, 6) is 5.25. The van der Waals surface area contributed by atoms with Crippen LogP contribution in [0.2, 0.25) is 5.02 Å². The van der Waals surface area contributed by atoms with Crippen LogP contribution in [0.1, 0.15) is 11.1 Å². The van der Waals surface area contributed by atoms with E-state index in [9.17, 15) is 9.90 Å². The molecule has 0 aliphatic heterocycles. The first kappa shape index (κ1) is 16.5. The number of ether oxygens (including phenoxy) is 1. The van der Waals surface area contributed by atoms with E-state index >= 15 is 0 Å². The van der Waals surface area contributed by atoms with Crippen molar-refractivity contribution in [3.63, 3.8) is 0 Å². The van der Waals surface area contributed by atoms with E-state index in [1.807, 2.05) is 30.3 Å². The second-order valence-corrected chi connectivity index (χ2v) is 5.04. The van der Waals surface area contributed by atoms with E-state index < -0.39 is 6.09 Å². The maximum atomic E-state index is 11.5. The van der Waals surface area contributed by atoms with Crippen LogP contribution in [0.5, 0.6) is 5.75 Å². The zero-order valence-corrected chi connectivity index (χ0v) is 12.9. The number of rotatable bonds is 3. The molecule has 0 fully saturated rings. The first-order chi connectivity index (χ1) is 11.1. The minimum absolute atomic E-state index is 0.0689. The Kier molecular flexibility index (Phi) is 5.73. The van der Waals surface area contributed by atoms with Crippen LogP contribution < -0.4 is 11.1 Å². The fraction of sp³-hybridized carbons (Fsp3) is 0.118. The number of nitrogen functional groups attached to an aromatic ring is 1. The fourth-order valence-electron chi connectivity index (χ4n) is 1.75. The third-order valence-corrected chi connectivity index (χ3v) is 3.08. The van der Waals surface area contributed by atoms with Crippen molar-refractivity contribution in [2.75, 3.05) is 12.3 Å². The van der Waals surface area contributed by atoms with Crippen molar-refractivity contribution in [2.24, 2.45) is 0 Å². The van der Waals surface area contributed by atoms with E-state index in [2.05, 4.69) is 17.2 Å². The van der Waals surface area contributed by atoms with Crippen LogP contribution in [0.4, 0.5) is 10.5 Å². The van der Waals surface area contributed by atoms with Crippen molar-refractivity contribution >= 4 is 23.4 Å². The number of carbonyl (C=O) groups excluding carboxylic acids is 1. The standard InChI is InChI=1S/C17H15ClN2O3/c18-14-9-13(16(21)15(19)10-14)7-4-8-20-17(22)23-11-12-5-2-1-3-6-12/h1-3,5-6,9-10,21H,8,11,19H2,(H,20,22). The summed E-state index contributed by atoms with van der Waals surface area (Å²) in [6.07, 6.45) is -0.571. The first-order valence-corrected chi connectivity index (χ1v) is 7.15. The summed E-state index contributed by atoms with van der Waals surface area (Å²) in [6, 6.07) is 12.3. The van der Waals surface area contributed by atoms with Gasteiger partial charge in [-0.2, -0.15) is 0 Å². The fourth-order valence-corrected chi connectivity index (χ4v) is 1.97. The number of aromatic hydroxyl groups is 1. The molecular weight excluding hydrogens is 316 g/mol. The lowest BCUT2D eigenvalue weighted by atomic mass is 10.2. The smallest absolute Gasteiger partial charge is 0.408 e. The maximum absolute atomic E-state index is 11.5. The minimum atomic E-state index is -0.571. The Morgan fingerprint density at radius 1 is 1.30 bits per heavy atom. The Bertz CT molecular complexity index is 752. The zero-order valence-electron chi connectivity index (χ0n) is 12.2. The van der Waals surface area contributed by atoms with Gasteiger partial charge in [-0.3, -0.25) is 0 Å². The number of phenolic OH excluding ortho intramolecular Hbond substituents is 1. The molecule has 4 N–H and O–H groups in total. The number of amides is 1. The molecule has 5 nitrogen and oxygen atoms in total. The molecule has 118 valence electrons. The summed E-state index contributed by atoms with van der Waals surface area (Å²) in [6.45, 7) is 0.255. The Morgan fingerprint density at radius 3 is 2.78 bits per heavy atom. The molecule has 0 spiro atoms. The van der Waals surface area contributed by atoms with Gasteiger partial charge in [-0.15, -0.1) is 0 Å². The minimum Gasteiger partial charge on any atom is -0.505 e. The van der Waals surface area contributed by atoms with E-state index in [0.29, 0.717) is 10.6 Å². The number of phenols is 1. The van der Waals surface area contributed by atoms with Crippen LogP contribution in [0.25, 0.3) is 0 Å². The molecule has 0 saturated heterocycles. The molecular formula is C17H15ClN2O3. The molecule has 2 rings (SSSR count). The highest BCUT2D eigenvalue weighted by Crippen LogP contribution is 2.28. The van der Waals surface area contributed by atoms with Crippen LogP contribution in [-0.4, -0.2) is 17.7 Å². The van der Waals surface area contributed by atoms with Gasteiger partial charge in [0.2, 0.25) is 0 Å². The molecule has 0 aliphatic carbocycles. The van der Waals surface area contributed by atoms with Gasteiger partial charge in [0.25, 0.3) is 0 Å². The SMILES string of the molecule is Nc1cc(Cl)cc(C#CCNC(=O)OCc2ccccc2)c1O. The van der Waals surface area contributed by atoms with Gasteiger partial charge in [0, 0.05) is 5.02 Å². The van der Waals surface area contributed by atoms with Crippen molar-refractivity contribution in [3.05, 3.63) is 58.6 Å². The van der Waals surface area contributed by atoms with Crippen molar-refractivity contribution in [1.29, 1.82) is 0 Å². The molecule has 0 bridgehead atoms. The molecule has 2 aromatic rings. The predicted molar refractivity (Wildman–Crippen MR) is 89.0 cm³/mol. The monoisotopic (exact) mass is 330 g/mol. The molecule has 2 aromatic carbocycles. The molecule has 0 radical (unpaired) electrons. The highest BCUT2D eigenvalue weighted by molar-refractivity contribution is 6.31. The van der Waals surface area contributed by atoms with Crippen molar-refractivity contribution in [3.8, 4) is 17.6 Å². The Labute approximate surface area is 139 Å². The van der Waals surface area contributed by atoms with Gasteiger partial charge in [-0.25, -0.2) is 4.79 Å². The molecule has 0 aliphatic rings. The van der Waals surface area contributed by atoms with Gasteiger partial charge in [-0.05, 0) is 17.7 Å². The molecule has 23 heavy (non-hydrogen) atoms. The molecule has 0 unspecified atom stereocenters. The van der Waals surface area contributed by atoms with Crippen LogP contribution in [-0.2, 0) is 11.3 Å². The van der Waals surface area contributed by atoms with E-state index in [4.69, 9.17) is 22.1 Å². The van der Waals surface area contributed by atoms with Crippen LogP contribution in [0.3, 0.4) is 0 Å². The molecule has 0 heterocycles. The number of alkyl carbamates (subject to hydrolysis) is 1. The van der Waals surface area contributed by atoms with Gasteiger partial charge in [0.05, 0.1) is 17.8 Å². The number of carbonyl (C=O) groups is 1. The Morgan fingerprint density at radius 2 is 2.04 bits per heavy atom. The van der Waals surface area contributed by atoms with Crippen molar-refractivity contribution in [1.82, 2.24) is 5.32 Å². The van der Waals surface area contributed by atoms with E-state index in [1.165, 1.54) is 12.1 Å². The lowest BCUT2D eigenvalue weighted by molar-refractivity contribution is 0.141. The second kappa shape index (κ2) is 7.97. The summed E-state index contributed by atoms with van der Waals surface area (Å²) in [5, 5.41) is 12.6. The average Bonchev–Trinajstić information content (AvgIpc) is 2.54. The molecule has 1 amide bonds. The quantitative estimate of drug-likeness (QED) is 0.459. The highest BCUT2D eigenvalue weighted by atomic mass is 35.5. The lowest BCUT2D eigenvalue weighted by Crippen LogP contribution is -2.24. The highest BCUT2D eigenvalue weighted by Gasteiger charge is 2.04. The number of nitrogens with one attached hydrogen (secondary N) is 1. The Hall–Kier alpha value is -2.84. The predicted octanol–water partition coefficient (Wildman–Crippen LogP) is 2.91. The van der Waals surface area contributed by atoms with Crippen LogP contribution in [0, 0.1) is 11.8 Å². The number of hydrogen-bond donors (Lipinski definition) is 3. The van der Waals surface area contributed by atoms with Crippen LogP contribution in [0.15, 0.2) is 42.5 Å². The molecule has 0 saturated carbocycles. The van der Waals surface area contributed by atoms with Gasteiger partial charge >= 0.3 is 6.09 Å². The summed E-state index contributed by atoms with van der Waals surface area (Å²) in [7, 11) is 0. The summed E-state index contributed by atoms with van der Waals surface area (Å²) >= 11 is 5.84. The van der Waals surface area contributed by atoms with Gasteiger partial charge in [0.15, 0.2) is 5.75 Å². The van der Waals surface area contributed by atoms with E-state index in [1.54, 1.807) is 0 Å². The molecule has 0 aromatic heterocycles. The topological polar surface area (TPSA) is 84.6 Å². The number of anilines is 1. The summed E-state index contributed by atoms with van der Waals surface area (Å²) in [4.78, 5) is 11.5. The molecule has 6 heteroatoms. The zero-order chi connectivity index (χ0) is 16.7. The van der Waals surface area contributed by atoms with Crippen molar-refractivity contribution < 1.29 is 14.6 Å².